The number of methoxy groups -OCH3 is 1. The van der Waals surface area contributed by atoms with Gasteiger partial charge in [0, 0.05) is 18.5 Å². The summed E-state index contributed by atoms with van der Waals surface area (Å²) in [6.07, 6.45) is 1.54. The molecule has 0 aliphatic carbocycles. The zero-order valence-electron chi connectivity index (χ0n) is 15.3. The Morgan fingerprint density at radius 1 is 1.28 bits per heavy atom. The summed E-state index contributed by atoms with van der Waals surface area (Å²) in [5.41, 5.74) is 2.03. The highest BCUT2D eigenvalue weighted by atomic mass is 35.5. The number of carboxylic acids is 1. The molecule has 1 aliphatic heterocycles. The summed E-state index contributed by atoms with van der Waals surface area (Å²) >= 11 is 6.37. The maximum Gasteiger partial charge on any atom is 0.339 e. The van der Waals surface area contributed by atoms with Crippen LogP contribution in [0, 0.1) is 0 Å². The van der Waals surface area contributed by atoms with Crippen molar-refractivity contribution in [1.29, 1.82) is 0 Å². The van der Waals surface area contributed by atoms with Crippen LogP contribution >= 0.6 is 11.6 Å². The fraction of sp³-hybridized carbons (Fsp3) is 0.143. The fourth-order valence-electron chi connectivity index (χ4n) is 3.68. The molecule has 0 bridgehead atoms. The van der Waals surface area contributed by atoms with Gasteiger partial charge in [-0.1, -0.05) is 29.8 Å². The lowest BCUT2D eigenvalue weighted by Crippen LogP contribution is -2.25. The van der Waals surface area contributed by atoms with Gasteiger partial charge in [-0.2, -0.15) is 0 Å². The molecule has 29 heavy (non-hydrogen) atoms. The molecule has 1 unspecified atom stereocenters. The molecule has 1 atom stereocenters. The molecule has 2 aromatic carbocycles. The van der Waals surface area contributed by atoms with Crippen molar-refractivity contribution in [3.8, 4) is 17.2 Å². The van der Waals surface area contributed by atoms with Crippen molar-refractivity contribution in [3.05, 3.63) is 70.5 Å². The number of phenolic OH excluding ortho intramolecular Hbond substituents is 1. The van der Waals surface area contributed by atoms with Crippen molar-refractivity contribution in [2.45, 2.75) is 12.3 Å². The van der Waals surface area contributed by atoms with E-state index in [-0.39, 0.29) is 29.3 Å². The van der Waals surface area contributed by atoms with Crippen LogP contribution in [-0.4, -0.2) is 33.8 Å². The van der Waals surface area contributed by atoms with Crippen molar-refractivity contribution < 1.29 is 24.5 Å². The van der Waals surface area contributed by atoms with Crippen molar-refractivity contribution in [2.75, 3.05) is 12.4 Å². The van der Waals surface area contributed by atoms with E-state index >= 15 is 0 Å². The van der Waals surface area contributed by atoms with Crippen LogP contribution in [-0.2, 0) is 4.79 Å². The molecule has 0 radical (unpaired) electrons. The summed E-state index contributed by atoms with van der Waals surface area (Å²) in [6.45, 7) is 0. The number of hydrogen-bond donors (Lipinski definition) is 3. The molecule has 0 saturated heterocycles. The minimum absolute atomic E-state index is 0.0318. The molecule has 3 aromatic rings. The number of ether oxygens (including phenoxy) is 1. The molecule has 8 heteroatoms. The molecule has 148 valence electrons. The molecular formula is C21H17ClN2O5. The van der Waals surface area contributed by atoms with Gasteiger partial charge in [0.25, 0.3) is 0 Å². The number of hydrogen-bond acceptors (Lipinski definition) is 4. The van der Waals surface area contributed by atoms with Gasteiger partial charge >= 0.3 is 5.97 Å². The highest BCUT2D eigenvalue weighted by molar-refractivity contribution is 6.32. The van der Waals surface area contributed by atoms with Crippen molar-refractivity contribution in [1.82, 2.24) is 4.57 Å². The van der Waals surface area contributed by atoms with Gasteiger partial charge in [-0.15, -0.1) is 0 Å². The minimum Gasteiger partial charge on any atom is -0.504 e. The molecule has 3 N–H and O–H groups in total. The Balaban J connectivity index is 1.97. The zero-order valence-corrected chi connectivity index (χ0v) is 16.1. The van der Waals surface area contributed by atoms with Crippen LogP contribution in [0.4, 0.5) is 5.69 Å². The van der Waals surface area contributed by atoms with Crippen LogP contribution in [0.5, 0.6) is 11.5 Å². The first-order valence-electron chi connectivity index (χ1n) is 8.81. The molecular weight excluding hydrogens is 396 g/mol. The number of aromatic hydroxyl groups is 1. The highest BCUT2D eigenvalue weighted by Gasteiger charge is 2.35. The number of rotatable bonds is 4. The lowest BCUT2D eigenvalue weighted by Gasteiger charge is -2.26. The van der Waals surface area contributed by atoms with Crippen LogP contribution in [0.3, 0.4) is 0 Å². The van der Waals surface area contributed by atoms with E-state index < -0.39 is 11.9 Å². The molecule has 7 nitrogen and oxygen atoms in total. The van der Waals surface area contributed by atoms with Gasteiger partial charge < -0.3 is 24.8 Å². The van der Waals surface area contributed by atoms with E-state index in [4.69, 9.17) is 16.3 Å². The number of para-hydroxylation sites is 1. The molecule has 2 heterocycles. The SMILES string of the molecule is COc1ccc(C2CC(=O)Nc3c(C(=O)O)cn(-c4ccccc4Cl)c32)cc1O. The number of phenols is 1. The maximum atomic E-state index is 12.4. The monoisotopic (exact) mass is 412 g/mol. The van der Waals surface area contributed by atoms with E-state index in [1.165, 1.54) is 19.4 Å². The fourth-order valence-corrected chi connectivity index (χ4v) is 3.90. The summed E-state index contributed by atoms with van der Waals surface area (Å²) in [5, 5.41) is 23.0. The summed E-state index contributed by atoms with van der Waals surface area (Å²) in [5.74, 6) is -1.71. The van der Waals surface area contributed by atoms with Gasteiger partial charge in [0.15, 0.2) is 11.5 Å². The first-order chi connectivity index (χ1) is 13.9. The minimum atomic E-state index is -1.16. The number of nitrogens with zero attached hydrogens (tertiary/aromatic N) is 1. The van der Waals surface area contributed by atoms with Gasteiger partial charge in [0.1, 0.15) is 5.56 Å². The summed E-state index contributed by atoms with van der Waals surface area (Å²) < 4.78 is 6.78. The second-order valence-corrected chi connectivity index (χ2v) is 7.07. The first kappa shape index (κ1) is 18.9. The Morgan fingerprint density at radius 3 is 2.69 bits per heavy atom. The number of halogens is 1. The van der Waals surface area contributed by atoms with Gasteiger partial charge in [0.05, 0.1) is 29.2 Å². The van der Waals surface area contributed by atoms with E-state index in [1.54, 1.807) is 41.0 Å². The third kappa shape index (κ3) is 3.19. The second-order valence-electron chi connectivity index (χ2n) is 6.67. The zero-order chi connectivity index (χ0) is 20.7. The maximum absolute atomic E-state index is 12.4. The predicted molar refractivity (Wildman–Crippen MR) is 107 cm³/mol. The van der Waals surface area contributed by atoms with Crippen LogP contribution in [0.1, 0.15) is 34.0 Å². The number of nitrogens with one attached hydrogen (secondary N) is 1. The number of amides is 1. The highest BCUT2D eigenvalue weighted by Crippen LogP contribution is 2.43. The number of carboxylic acid groups (broad SMARTS) is 1. The van der Waals surface area contributed by atoms with Gasteiger partial charge in [-0.25, -0.2) is 4.79 Å². The Morgan fingerprint density at radius 2 is 2.03 bits per heavy atom. The Hall–Kier alpha value is -3.45. The quantitative estimate of drug-likeness (QED) is 0.601. The Bertz CT molecular complexity index is 1140. The first-order valence-corrected chi connectivity index (χ1v) is 9.18. The van der Waals surface area contributed by atoms with Crippen LogP contribution in [0.2, 0.25) is 5.02 Å². The third-order valence-electron chi connectivity index (χ3n) is 4.97. The number of fused-ring (bicyclic) bond motifs is 1. The van der Waals surface area contributed by atoms with Crippen molar-refractivity contribution in [2.24, 2.45) is 0 Å². The molecule has 0 fully saturated rings. The molecule has 4 rings (SSSR count). The molecule has 1 aromatic heterocycles. The standard InChI is InChI=1S/C21H17ClN2O5/c1-29-17-7-6-11(8-16(17)25)12-9-18(26)23-19-13(21(27)28)10-24(20(12)19)15-5-3-2-4-14(15)22/h2-8,10,12,25H,9H2,1H3,(H,23,26)(H,27,28). The van der Waals surface area contributed by atoms with E-state index in [0.29, 0.717) is 27.7 Å². The topological polar surface area (TPSA) is 101 Å². The Kier molecular flexibility index (Phi) is 4.68. The van der Waals surface area contributed by atoms with Crippen molar-refractivity contribution >= 4 is 29.2 Å². The summed E-state index contributed by atoms with van der Waals surface area (Å²) in [7, 11) is 1.45. The average Bonchev–Trinajstić information content (AvgIpc) is 3.07. The number of aromatic carboxylic acids is 1. The van der Waals surface area contributed by atoms with E-state index in [2.05, 4.69) is 5.32 Å². The summed E-state index contributed by atoms with van der Waals surface area (Å²) in [4.78, 5) is 24.2. The lowest BCUT2D eigenvalue weighted by atomic mass is 9.88. The van der Waals surface area contributed by atoms with Gasteiger partial charge in [-0.3, -0.25) is 4.79 Å². The largest absolute Gasteiger partial charge is 0.504 e. The van der Waals surface area contributed by atoms with Crippen LogP contribution in [0.25, 0.3) is 5.69 Å². The van der Waals surface area contributed by atoms with Crippen LogP contribution in [0.15, 0.2) is 48.7 Å². The van der Waals surface area contributed by atoms with Gasteiger partial charge in [0.2, 0.25) is 5.91 Å². The molecule has 1 aliphatic rings. The number of carbonyl (C=O) groups excluding carboxylic acids is 1. The van der Waals surface area contributed by atoms with Crippen LogP contribution < -0.4 is 10.1 Å². The second kappa shape index (κ2) is 7.18. The van der Waals surface area contributed by atoms with Crippen molar-refractivity contribution in [3.63, 3.8) is 0 Å². The Labute approximate surface area is 171 Å². The third-order valence-corrected chi connectivity index (χ3v) is 5.29. The molecule has 0 saturated carbocycles. The van der Waals surface area contributed by atoms with E-state index in [1.807, 2.05) is 0 Å². The van der Waals surface area contributed by atoms with Gasteiger partial charge in [-0.05, 0) is 29.8 Å². The molecule has 0 spiro atoms. The molecule has 1 amide bonds. The lowest BCUT2D eigenvalue weighted by molar-refractivity contribution is -0.116. The number of aromatic nitrogens is 1. The van der Waals surface area contributed by atoms with E-state index in [0.717, 1.165) is 0 Å². The predicted octanol–water partition coefficient (Wildman–Crippen LogP) is 4.02. The normalized spacial score (nSPS) is 15.5. The number of anilines is 1. The summed E-state index contributed by atoms with van der Waals surface area (Å²) in [6, 6.07) is 11.9. The average molecular weight is 413 g/mol. The smallest absolute Gasteiger partial charge is 0.339 e. The van der Waals surface area contributed by atoms with E-state index in [9.17, 15) is 19.8 Å². The number of benzene rings is 2. The number of carbonyl (C=O) groups is 2.